The van der Waals surface area contributed by atoms with Gasteiger partial charge in [-0.25, -0.2) is 8.42 Å². The molecule has 1 aliphatic heterocycles. The summed E-state index contributed by atoms with van der Waals surface area (Å²) in [5.41, 5.74) is 0.417. The third-order valence-electron chi connectivity index (χ3n) is 4.73. The molecule has 7 nitrogen and oxygen atoms in total. The van der Waals surface area contributed by atoms with Gasteiger partial charge in [-0.3, -0.25) is 4.79 Å². The summed E-state index contributed by atoms with van der Waals surface area (Å²) < 4.78 is 33.6. The highest BCUT2D eigenvalue weighted by molar-refractivity contribution is 8.23. The van der Waals surface area contributed by atoms with Crippen molar-refractivity contribution in [2.24, 2.45) is 0 Å². The quantitative estimate of drug-likeness (QED) is 0.598. The largest absolute Gasteiger partial charge is 0.495 e. The summed E-state index contributed by atoms with van der Waals surface area (Å²) in [5.74, 6) is 0.192. The van der Waals surface area contributed by atoms with Gasteiger partial charge in [0.25, 0.3) is 0 Å². The molecule has 0 aromatic heterocycles. The van der Waals surface area contributed by atoms with Crippen LogP contribution in [-0.2, 0) is 14.8 Å². The lowest BCUT2D eigenvalue weighted by atomic mass is 10.2. The highest BCUT2D eigenvalue weighted by Crippen LogP contribution is 2.31. The normalized spacial score (nSPS) is 15.0. The molecule has 0 atom stereocenters. The first kappa shape index (κ1) is 23.9. The summed E-state index contributed by atoms with van der Waals surface area (Å²) in [6.45, 7) is 6.61. The number of carbonyl (C=O) groups is 1. The molecule has 1 saturated heterocycles. The van der Waals surface area contributed by atoms with E-state index in [1.54, 1.807) is 12.1 Å². The Kier molecular flexibility index (Phi) is 9.19. The van der Waals surface area contributed by atoms with Crippen molar-refractivity contribution in [3.8, 4) is 5.75 Å². The van der Waals surface area contributed by atoms with Crippen molar-refractivity contribution in [1.82, 2.24) is 9.21 Å². The third kappa shape index (κ3) is 6.31. The van der Waals surface area contributed by atoms with Gasteiger partial charge in [0.1, 0.15) is 15.0 Å². The molecule has 162 valence electrons. The van der Waals surface area contributed by atoms with Crippen LogP contribution >= 0.6 is 24.0 Å². The van der Waals surface area contributed by atoms with Gasteiger partial charge in [0, 0.05) is 31.9 Å². The number of methoxy groups -OCH3 is 1. The Balaban J connectivity index is 2.11. The van der Waals surface area contributed by atoms with Gasteiger partial charge in [0.2, 0.25) is 15.9 Å². The molecule has 0 saturated carbocycles. The van der Waals surface area contributed by atoms with Crippen LogP contribution in [0.2, 0.25) is 0 Å². The number of thioether (sulfide) groups is 1. The zero-order valence-corrected chi connectivity index (χ0v) is 19.6. The van der Waals surface area contributed by atoms with Gasteiger partial charge in [0.15, 0.2) is 0 Å². The lowest BCUT2D eigenvalue weighted by molar-refractivity contribution is -0.113. The van der Waals surface area contributed by atoms with Crippen molar-refractivity contribution in [3.63, 3.8) is 0 Å². The van der Waals surface area contributed by atoms with Crippen LogP contribution in [0.3, 0.4) is 0 Å². The van der Waals surface area contributed by atoms with E-state index in [-0.39, 0.29) is 22.3 Å². The fraction of sp³-hybridized carbons (Fsp3) is 0.579. The fourth-order valence-electron chi connectivity index (χ4n) is 3.10. The molecule has 1 amide bonds. The minimum Gasteiger partial charge on any atom is -0.495 e. The second-order valence-electron chi connectivity index (χ2n) is 6.61. The molecule has 0 aliphatic carbocycles. The van der Waals surface area contributed by atoms with E-state index >= 15 is 0 Å². The molecule has 0 unspecified atom stereocenters. The van der Waals surface area contributed by atoms with E-state index in [2.05, 4.69) is 5.32 Å². The van der Waals surface area contributed by atoms with Crippen LogP contribution in [-0.4, -0.2) is 66.9 Å². The number of piperidine rings is 1. The van der Waals surface area contributed by atoms with E-state index in [0.29, 0.717) is 23.1 Å². The van der Waals surface area contributed by atoms with Gasteiger partial charge in [-0.15, -0.1) is 0 Å². The molecular formula is C19H29N3O4S3. The lowest BCUT2D eigenvalue weighted by Gasteiger charge is -2.26. The van der Waals surface area contributed by atoms with E-state index in [9.17, 15) is 13.2 Å². The molecular weight excluding hydrogens is 430 g/mol. The van der Waals surface area contributed by atoms with Gasteiger partial charge in [-0.05, 0) is 44.9 Å². The topological polar surface area (TPSA) is 79.0 Å². The van der Waals surface area contributed by atoms with Crippen LogP contribution < -0.4 is 10.1 Å². The number of anilines is 1. The molecule has 1 aromatic rings. The van der Waals surface area contributed by atoms with Crippen molar-refractivity contribution in [3.05, 3.63) is 18.2 Å². The number of rotatable bonds is 8. The molecule has 0 spiro atoms. The van der Waals surface area contributed by atoms with E-state index < -0.39 is 10.0 Å². The van der Waals surface area contributed by atoms with Crippen molar-refractivity contribution in [2.75, 3.05) is 44.4 Å². The number of nitrogens with zero attached hydrogens (tertiary/aromatic N) is 2. The molecule has 10 heteroatoms. The first-order chi connectivity index (χ1) is 13.8. The van der Waals surface area contributed by atoms with Crippen molar-refractivity contribution < 1.29 is 17.9 Å². The monoisotopic (exact) mass is 459 g/mol. The van der Waals surface area contributed by atoms with Crippen LogP contribution in [0.25, 0.3) is 0 Å². The molecule has 1 aliphatic rings. The van der Waals surface area contributed by atoms with Gasteiger partial charge < -0.3 is 15.0 Å². The Bertz CT molecular complexity index is 820. The van der Waals surface area contributed by atoms with Crippen molar-refractivity contribution in [2.45, 2.75) is 38.0 Å². The first-order valence-electron chi connectivity index (χ1n) is 9.73. The number of ether oxygens (including phenoxy) is 1. The Morgan fingerprint density at radius 2 is 1.90 bits per heavy atom. The van der Waals surface area contributed by atoms with Crippen LogP contribution in [0, 0.1) is 0 Å². The summed E-state index contributed by atoms with van der Waals surface area (Å²) in [4.78, 5) is 14.4. The highest BCUT2D eigenvalue weighted by Gasteiger charge is 2.29. The van der Waals surface area contributed by atoms with Gasteiger partial charge >= 0.3 is 0 Å². The van der Waals surface area contributed by atoms with Crippen molar-refractivity contribution >= 4 is 49.9 Å². The molecule has 0 radical (unpaired) electrons. The second kappa shape index (κ2) is 11.1. The molecule has 1 aromatic carbocycles. The summed E-state index contributed by atoms with van der Waals surface area (Å²) in [6, 6.07) is 4.67. The van der Waals surface area contributed by atoms with E-state index in [1.165, 1.54) is 29.2 Å². The maximum Gasteiger partial charge on any atom is 0.246 e. The Morgan fingerprint density at radius 3 is 2.48 bits per heavy atom. The predicted octanol–water partition coefficient (Wildman–Crippen LogP) is 3.17. The fourth-order valence-corrected chi connectivity index (χ4v) is 6.00. The number of amides is 1. The van der Waals surface area contributed by atoms with Gasteiger partial charge in [-0.1, -0.05) is 30.4 Å². The van der Waals surface area contributed by atoms with Gasteiger partial charge in [-0.2, -0.15) is 4.31 Å². The van der Waals surface area contributed by atoms with Crippen LogP contribution in [0.4, 0.5) is 5.69 Å². The Labute approximate surface area is 183 Å². The number of hydrogen-bond donors (Lipinski definition) is 1. The average molecular weight is 460 g/mol. The van der Waals surface area contributed by atoms with Gasteiger partial charge in [0.05, 0.1) is 12.9 Å². The number of hydrogen-bond acceptors (Lipinski definition) is 6. The molecule has 0 bridgehead atoms. The maximum absolute atomic E-state index is 13.1. The Hall–Kier alpha value is -1.36. The summed E-state index contributed by atoms with van der Waals surface area (Å²) in [5, 5.41) is 2.76. The third-order valence-corrected chi connectivity index (χ3v) is 8.17. The molecule has 2 rings (SSSR count). The molecule has 1 heterocycles. The second-order valence-corrected chi connectivity index (χ2v) is 10.1. The maximum atomic E-state index is 13.1. The number of carbonyl (C=O) groups excluding carboxylic acids is 1. The molecule has 29 heavy (non-hydrogen) atoms. The van der Waals surface area contributed by atoms with Crippen LogP contribution in [0.1, 0.15) is 33.1 Å². The number of sulfonamides is 1. The molecule has 1 fully saturated rings. The SMILES string of the molecule is CCN(CC)C(=S)SCC(=O)Nc1ccc(OC)c(S(=O)(=O)N2CCCCC2)c1. The zero-order chi connectivity index (χ0) is 21.4. The molecule has 1 N–H and O–H groups in total. The average Bonchev–Trinajstić information content (AvgIpc) is 2.73. The van der Waals surface area contributed by atoms with Crippen molar-refractivity contribution in [1.29, 1.82) is 0 Å². The van der Waals surface area contributed by atoms with E-state index in [4.69, 9.17) is 17.0 Å². The first-order valence-corrected chi connectivity index (χ1v) is 12.6. The standard InChI is InChI=1S/C19H29N3O4S3/c1-4-21(5-2)19(27)28-14-18(23)20-15-9-10-16(26-3)17(13-15)29(24,25)22-11-7-6-8-12-22/h9-10,13H,4-8,11-12,14H2,1-3H3,(H,20,23). The summed E-state index contributed by atoms with van der Waals surface area (Å²) >= 11 is 6.63. The van der Waals surface area contributed by atoms with E-state index in [0.717, 1.165) is 32.4 Å². The highest BCUT2D eigenvalue weighted by atomic mass is 32.2. The van der Waals surface area contributed by atoms with Crippen LogP contribution in [0.15, 0.2) is 23.1 Å². The minimum absolute atomic E-state index is 0.0750. The summed E-state index contributed by atoms with van der Waals surface area (Å²) in [7, 11) is -2.24. The number of benzene rings is 1. The lowest BCUT2D eigenvalue weighted by Crippen LogP contribution is -2.35. The Morgan fingerprint density at radius 1 is 1.24 bits per heavy atom. The van der Waals surface area contributed by atoms with E-state index in [1.807, 2.05) is 18.7 Å². The number of thiocarbonyl (C=S) groups is 1. The minimum atomic E-state index is -3.68. The number of nitrogens with one attached hydrogen (secondary N) is 1. The summed E-state index contributed by atoms with van der Waals surface area (Å²) in [6.07, 6.45) is 2.73. The van der Waals surface area contributed by atoms with Crippen LogP contribution in [0.5, 0.6) is 5.75 Å². The predicted molar refractivity (Wildman–Crippen MR) is 122 cm³/mol. The smallest absolute Gasteiger partial charge is 0.246 e. The zero-order valence-electron chi connectivity index (χ0n) is 17.1.